The average molecular weight is 347 g/mol. The number of piperidine rings is 1. The van der Waals surface area contributed by atoms with Crippen LogP contribution < -0.4 is 4.90 Å². The number of aromatic amines is 1. The van der Waals surface area contributed by atoms with Gasteiger partial charge in [0.1, 0.15) is 5.52 Å². The summed E-state index contributed by atoms with van der Waals surface area (Å²) >= 11 is 3.45. The van der Waals surface area contributed by atoms with Gasteiger partial charge in [0.05, 0.1) is 28.6 Å². The Kier molecular flexibility index (Phi) is 3.14. The maximum Gasteiger partial charge on any atom is 0.156 e. The molecule has 0 radical (unpaired) electrons. The van der Waals surface area contributed by atoms with E-state index in [0.29, 0.717) is 6.04 Å². The fourth-order valence-electron chi connectivity index (χ4n) is 2.94. The second-order valence-corrected chi connectivity index (χ2v) is 6.21. The van der Waals surface area contributed by atoms with Crippen molar-refractivity contribution in [2.75, 3.05) is 18.0 Å². The van der Waals surface area contributed by atoms with Crippen LogP contribution in [0.4, 0.5) is 5.82 Å². The van der Waals surface area contributed by atoms with Gasteiger partial charge in [-0.2, -0.15) is 5.10 Å². The summed E-state index contributed by atoms with van der Waals surface area (Å²) in [6.07, 6.45) is 9.59. The summed E-state index contributed by atoms with van der Waals surface area (Å²) in [5, 5.41) is 4.40. The molecule has 0 aromatic carbocycles. The molecule has 1 N–H and O–H groups in total. The number of anilines is 1. The van der Waals surface area contributed by atoms with Crippen LogP contribution in [0.25, 0.3) is 11.0 Å². The smallest absolute Gasteiger partial charge is 0.156 e. The van der Waals surface area contributed by atoms with Crippen molar-refractivity contribution in [3.05, 3.63) is 35.5 Å². The van der Waals surface area contributed by atoms with Crippen LogP contribution in [0.5, 0.6) is 0 Å². The van der Waals surface area contributed by atoms with Gasteiger partial charge in [0.2, 0.25) is 0 Å². The zero-order valence-electron chi connectivity index (χ0n) is 11.4. The molecule has 3 aromatic heterocycles. The number of fused-ring (bicyclic) bond motifs is 1. The minimum atomic E-state index is 0.464. The molecule has 6 nitrogen and oxygen atoms in total. The third-order valence-electron chi connectivity index (χ3n) is 4.03. The molecule has 1 saturated heterocycles. The topological polar surface area (TPSA) is 62.6 Å². The quantitative estimate of drug-likeness (QED) is 0.774. The van der Waals surface area contributed by atoms with Crippen LogP contribution in [0.2, 0.25) is 0 Å². The van der Waals surface area contributed by atoms with Gasteiger partial charge in [0, 0.05) is 25.5 Å². The van der Waals surface area contributed by atoms with Crippen LogP contribution in [0.1, 0.15) is 18.9 Å². The second-order valence-electron chi connectivity index (χ2n) is 5.29. The van der Waals surface area contributed by atoms with Crippen molar-refractivity contribution in [2.24, 2.45) is 0 Å². The molecule has 0 atom stereocenters. The van der Waals surface area contributed by atoms with Gasteiger partial charge in [-0.25, -0.2) is 9.97 Å². The minimum absolute atomic E-state index is 0.464. The molecule has 7 heteroatoms. The highest BCUT2D eigenvalue weighted by Gasteiger charge is 2.23. The van der Waals surface area contributed by atoms with E-state index in [1.54, 1.807) is 6.33 Å². The Hall–Kier alpha value is -1.89. The zero-order chi connectivity index (χ0) is 14.2. The van der Waals surface area contributed by atoms with Crippen molar-refractivity contribution in [3.63, 3.8) is 0 Å². The fraction of sp³-hybridized carbons (Fsp3) is 0.357. The van der Waals surface area contributed by atoms with Gasteiger partial charge < -0.3 is 9.88 Å². The van der Waals surface area contributed by atoms with E-state index < -0.39 is 0 Å². The highest BCUT2D eigenvalue weighted by atomic mass is 79.9. The Balaban J connectivity index is 1.53. The summed E-state index contributed by atoms with van der Waals surface area (Å²) in [6, 6.07) is 2.42. The van der Waals surface area contributed by atoms with E-state index in [0.717, 1.165) is 47.3 Å². The number of imidazole rings is 1. The van der Waals surface area contributed by atoms with Crippen LogP contribution in [-0.4, -0.2) is 37.8 Å². The molecule has 1 aliphatic rings. The van der Waals surface area contributed by atoms with Gasteiger partial charge in [0.25, 0.3) is 0 Å². The molecule has 0 spiro atoms. The average Bonchev–Trinajstić information content (AvgIpc) is 3.15. The van der Waals surface area contributed by atoms with E-state index in [1.165, 1.54) is 0 Å². The minimum Gasteiger partial charge on any atom is -0.355 e. The third kappa shape index (κ3) is 2.31. The number of hydrogen-bond donors (Lipinski definition) is 1. The maximum atomic E-state index is 4.52. The van der Waals surface area contributed by atoms with Gasteiger partial charge in [-0.1, -0.05) is 0 Å². The Morgan fingerprint density at radius 1 is 1.24 bits per heavy atom. The standard InChI is InChI=1S/C14H15BrN6/c15-10-7-19-21(8-10)11-2-5-20(6-3-11)14-13-12(1-4-16-14)17-9-18-13/h1,4,7-9,11H,2-3,5-6H2,(H,17,18). The lowest BCUT2D eigenvalue weighted by atomic mass is 10.1. The second kappa shape index (κ2) is 5.14. The van der Waals surface area contributed by atoms with E-state index in [4.69, 9.17) is 0 Å². The number of hydrogen-bond acceptors (Lipinski definition) is 4. The van der Waals surface area contributed by atoms with E-state index in [9.17, 15) is 0 Å². The highest BCUT2D eigenvalue weighted by Crippen LogP contribution is 2.28. The summed E-state index contributed by atoms with van der Waals surface area (Å²) < 4.78 is 3.09. The van der Waals surface area contributed by atoms with Crippen LogP contribution >= 0.6 is 15.9 Å². The highest BCUT2D eigenvalue weighted by molar-refractivity contribution is 9.10. The van der Waals surface area contributed by atoms with Crippen LogP contribution in [-0.2, 0) is 0 Å². The molecule has 1 aliphatic heterocycles. The van der Waals surface area contributed by atoms with E-state index >= 15 is 0 Å². The SMILES string of the molecule is Brc1cnn(C2CCN(c3nccc4[nH]cnc34)CC2)c1. The molecule has 0 unspecified atom stereocenters. The number of rotatable bonds is 2. The third-order valence-corrected chi connectivity index (χ3v) is 4.44. The molecule has 1 fully saturated rings. The number of aromatic nitrogens is 5. The van der Waals surface area contributed by atoms with Crippen LogP contribution in [0.3, 0.4) is 0 Å². The van der Waals surface area contributed by atoms with Gasteiger partial charge in [-0.15, -0.1) is 0 Å². The van der Waals surface area contributed by atoms with Gasteiger partial charge in [0.15, 0.2) is 5.82 Å². The Morgan fingerprint density at radius 3 is 2.86 bits per heavy atom. The lowest BCUT2D eigenvalue weighted by molar-refractivity contribution is 0.366. The summed E-state index contributed by atoms with van der Waals surface area (Å²) in [4.78, 5) is 14.4. The van der Waals surface area contributed by atoms with Gasteiger partial charge in [-0.3, -0.25) is 4.68 Å². The van der Waals surface area contributed by atoms with Crippen LogP contribution in [0.15, 0.2) is 35.5 Å². The molecule has 0 amide bonds. The molecule has 108 valence electrons. The van der Waals surface area contributed by atoms with Crippen LogP contribution in [0, 0.1) is 0 Å². The van der Waals surface area contributed by atoms with Gasteiger partial charge in [-0.05, 0) is 34.8 Å². The maximum absolute atomic E-state index is 4.52. The molecular formula is C14H15BrN6. The molecule has 0 saturated carbocycles. The van der Waals surface area contributed by atoms with Crippen molar-refractivity contribution < 1.29 is 0 Å². The summed E-state index contributed by atoms with van der Waals surface area (Å²) in [7, 11) is 0. The lowest BCUT2D eigenvalue weighted by Crippen LogP contribution is -2.35. The number of H-pyrrole nitrogens is 1. The fourth-order valence-corrected chi connectivity index (χ4v) is 3.24. The summed E-state index contributed by atoms with van der Waals surface area (Å²) in [5.74, 6) is 0.980. The Bertz CT molecular complexity index is 756. The first-order chi connectivity index (χ1) is 10.3. The zero-order valence-corrected chi connectivity index (χ0v) is 13.0. The first kappa shape index (κ1) is 12.8. The van der Waals surface area contributed by atoms with Crippen molar-refractivity contribution >= 4 is 32.8 Å². The molecule has 21 heavy (non-hydrogen) atoms. The van der Waals surface area contributed by atoms with Crippen molar-refractivity contribution in [1.29, 1.82) is 0 Å². The van der Waals surface area contributed by atoms with Crippen molar-refractivity contribution in [2.45, 2.75) is 18.9 Å². The van der Waals surface area contributed by atoms with Crippen molar-refractivity contribution in [1.82, 2.24) is 24.7 Å². The molecule has 4 heterocycles. The first-order valence-corrected chi connectivity index (χ1v) is 7.83. The predicted octanol–water partition coefficient (Wildman–Crippen LogP) is 2.76. The lowest BCUT2D eigenvalue weighted by Gasteiger charge is -2.32. The largest absolute Gasteiger partial charge is 0.355 e. The normalized spacial score (nSPS) is 16.7. The number of pyridine rings is 1. The van der Waals surface area contributed by atoms with E-state index in [-0.39, 0.29) is 0 Å². The Labute approximate surface area is 130 Å². The number of nitrogens with zero attached hydrogens (tertiary/aromatic N) is 5. The number of nitrogens with one attached hydrogen (secondary N) is 1. The van der Waals surface area contributed by atoms with Gasteiger partial charge >= 0.3 is 0 Å². The Morgan fingerprint density at radius 2 is 2.10 bits per heavy atom. The van der Waals surface area contributed by atoms with E-state index in [2.05, 4.69) is 45.6 Å². The summed E-state index contributed by atoms with van der Waals surface area (Å²) in [5.41, 5.74) is 2.00. The number of halogens is 1. The first-order valence-electron chi connectivity index (χ1n) is 7.04. The summed E-state index contributed by atoms with van der Waals surface area (Å²) in [6.45, 7) is 1.95. The molecule has 0 bridgehead atoms. The molecule has 0 aliphatic carbocycles. The monoisotopic (exact) mass is 346 g/mol. The molecular weight excluding hydrogens is 332 g/mol. The van der Waals surface area contributed by atoms with E-state index in [1.807, 2.05) is 24.7 Å². The van der Waals surface area contributed by atoms with Crippen molar-refractivity contribution in [3.8, 4) is 0 Å². The molecule has 3 aromatic rings. The molecule has 4 rings (SSSR count). The predicted molar refractivity (Wildman–Crippen MR) is 84.3 cm³/mol.